The van der Waals surface area contributed by atoms with Gasteiger partial charge in [0.25, 0.3) is 5.56 Å². The summed E-state index contributed by atoms with van der Waals surface area (Å²) < 4.78 is 6.14. The third-order valence-corrected chi connectivity index (χ3v) is 5.08. The first-order valence-electron chi connectivity index (χ1n) is 7.84. The Labute approximate surface area is 139 Å². The number of hydrogen-bond donors (Lipinski definition) is 0. The van der Waals surface area contributed by atoms with Crippen molar-refractivity contribution in [3.05, 3.63) is 34.8 Å². The molecule has 7 nitrogen and oxygen atoms in total. The van der Waals surface area contributed by atoms with Crippen LogP contribution in [0.3, 0.4) is 0 Å². The van der Waals surface area contributed by atoms with Crippen LogP contribution in [0.25, 0.3) is 0 Å². The highest BCUT2D eigenvalue weighted by atomic mass is 32.1. The first-order chi connectivity index (χ1) is 11.1. The normalized spacial score (nSPS) is 16.6. The number of rotatable bonds is 5. The predicted octanol–water partition coefficient (Wildman–Crippen LogP) is 1.07. The molecule has 0 N–H and O–H groups in total. The standard InChI is InChI=1S/C15H22N6OS/c1-19(2)15-17-13(18-23-15)10-20-7-4-12(5-8-20)9-21-11-16-6-3-14(21)22/h3,6,11-12H,4-5,7-10H2,1-2H3. The van der Waals surface area contributed by atoms with Crippen molar-refractivity contribution in [1.82, 2.24) is 23.8 Å². The van der Waals surface area contributed by atoms with E-state index in [9.17, 15) is 4.79 Å². The molecule has 3 rings (SSSR count). The monoisotopic (exact) mass is 334 g/mol. The van der Waals surface area contributed by atoms with Gasteiger partial charge in [-0.3, -0.25) is 14.3 Å². The molecule has 0 atom stereocenters. The number of likely N-dealkylation sites (tertiary alicyclic amines) is 1. The summed E-state index contributed by atoms with van der Waals surface area (Å²) in [6, 6.07) is 1.52. The van der Waals surface area contributed by atoms with E-state index >= 15 is 0 Å². The molecule has 1 aliphatic rings. The molecule has 23 heavy (non-hydrogen) atoms. The minimum atomic E-state index is 0.0327. The van der Waals surface area contributed by atoms with Crippen LogP contribution in [0.1, 0.15) is 18.7 Å². The molecule has 0 amide bonds. The summed E-state index contributed by atoms with van der Waals surface area (Å²) in [7, 11) is 3.96. The molecule has 124 valence electrons. The maximum atomic E-state index is 11.7. The van der Waals surface area contributed by atoms with Gasteiger partial charge in [0.1, 0.15) is 0 Å². The van der Waals surface area contributed by atoms with E-state index in [1.165, 1.54) is 17.6 Å². The molecule has 8 heteroatoms. The molecule has 3 heterocycles. The maximum Gasteiger partial charge on any atom is 0.253 e. The van der Waals surface area contributed by atoms with Crippen molar-refractivity contribution < 1.29 is 0 Å². The van der Waals surface area contributed by atoms with Gasteiger partial charge < -0.3 is 4.90 Å². The lowest BCUT2D eigenvalue weighted by molar-refractivity contribution is 0.163. The number of nitrogens with zero attached hydrogens (tertiary/aromatic N) is 6. The first-order valence-corrected chi connectivity index (χ1v) is 8.62. The Balaban J connectivity index is 1.50. The van der Waals surface area contributed by atoms with Crippen molar-refractivity contribution in [3.63, 3.8) is 0 Å². The van der Waals surface area contributed by atoms with Crippen molar-refractivity contribution in [1.29, 1.82) is 0 Å². The molecule has 0 aliphatic carbocycles. The first kappa shape index (κ1) is 16.1. The summed E-state index contributed by atoms with van der Waals surface area (Å²) >= 11 is 1.44. The topological polar surface area (TPSA) is 67.2 Å². The number of anilines is 1. The van der Waals surface area contributed by atoms with Gasteiger partial charge in [-0.15, -0.1) is 0 Å². The lowest BCUT2D eigenvalue weighted by atomic mass is 9.96. The van der Waals surface area contributed by atoms with Crippen LogP contribution >= 0.6 is 11.5 Å². The summed E-state index contributed by atoms with van der Waals surface area (Å²) in [6.07, 6.45) is 5.36. The Morgan fingerprint density at radius 3 is 2.78 bits per heavy atom. The van der Waals surface area contributed by atoms with E-state index in [4.69, 9.17) is 0 Å². The highest BCUT2D eigenvalue weighted by Crippen LogP contribution is 2.21. The van der Waals surface area contributed by atoms with Gasteiger partial charge in [-0.05, 0) is 31.8 Å². The molecular weight excluding hydrogens is 312 g/mol. The largest absolute Gasteiger partial charge is 0.353 e. The van der Waals surface area contributed by atoms with Crippen LogP contribution in [0, 0.1) is 5.92 Å². The fourth-order valence-electron chi connectivity index (χ4n) is 2.81. The Morgan fingerprint density at radius 1 is 1.35 bits per heavy atom. The molecule has 0 unspecified atom stereocenters. The van der Waals surface area contributed by atoms with E-state index in [2.05, 4.69) is 19.2 Å². The van der Waals surface area contributed by atoms with Crippen molar-refractivity contribution in [3.8, 4) is 0 Å². The van der Waals surface area contributed by atoms with E-state index in [1.807, 2.05) is 19.0 Å². The Kier molecular flexibility index (Phi) is 5.02. The van der Waals surface area contributed by atoms with Crippen LogP contribution in [0.15, 0.2) is 23.4 Å². The third kappa shape index (κ3) is 4.14. The fourth-order valence-corrected chi connectivity index (χ4v) is 3.41. The molecule has 0 radical (unpaired) electrons. The maximum absolute atomic E-state index is 11.7. The second-order valence-electron chi connectivity index (χ2n) is 6.18. The molecule has 0 aromatic carbocycles. The van der Waals surface area contributed by atoms with E-state index in [0.29, 0.717) is 5.92 Å². The van der Waals surface area contributed by atoms with Crippen molar-refractivity contribution in [2.75, 3.05) is 32.1 Å². The Morgan fingerprint density at radius 2 is 2.13 bits per heavy atom. The average Bonchev–Trinajstić information content (AvgIpc) is 3.00. The second-order valence-corrected chi connectivity index (χ2v) is 6.91. The fraction of sp³-hybridized carbons (Fsp3) is 0.600. The third-order valence-electron chi connectivity index (χ3n) is 4.16. The van der Waals surface area contributed by atoms with Gasteiger partial charge in [0, 0.05) is 44.4 Å². The lowest BCUT2D eigenvalue weighted by Crippen LogP contribution is -2.36. The molecule has 0 saturated carbocycles. The summed E-state index contributed by atoms with van der Waals surface area (Å²) in [5.41, 5.74) is 0.0327. The van der Waals surface area contributed by atoms with E-state index in [1.54, 1.807) is 17.1 Å². The molecule has 1 aliphatic heterocycles. The van der Waals surface area contributed by atoms with Gasteiger partial charge in [-0.25, -0.2) is 9.97 Å². The van der Waals surface area contributed by atoms with Gasteiger partial charge in [0.15, 0.2) is 5.82 Å². The number of hydrogen-bond acceptors (Lipinski definition) is 7. The molecule has 2 aromatic rings. The molecule has 1 fully saturated rings. The number of piperidine rings is 1. The zero-order valence-corrected chi connectivity index (χ0v) is 14.4. The SMILES string of the molecule is CN(C)c1nc(CN2CCC(Cn3cnccc3=O)CC2)ns1. The number of aromatic nitrogens is 4. The van der Waals surface area contributed by atoms with Crippen LogP contribution in [0.5, 0.6) is 0 Å². The zero-order valence-electron chi connectivity index (χ0n) is 13.6. The van der Waals surface area contributed by atoms with E-state index in [0.717, 1.165) is 50.0 Å². The Hall–Kier alpha value is -1.80. The molecular formula is C15H22N6OS. The summed E-state index contributed by atoms with van der Waals surface area (Å²) in [6.45, 7) is 3.62. The van der Waals surface area contributed by atoms with Crippen LogP contribution in [-0.4, -0.2) is 51.0 Å². The molecule has 0 bridgehead atoms. The quantitative estimate of drug-likeness (QED) is 0.815. The van der Waals surface area contributed by atoms with Crippen molar-refractivity contribution >= 4 is 16.7 Å². The minimum Gasteiger partial charge on any atom is -0.353 e. The van der Waals surface area contributed by atoms with Crippen LogP contribution in [-0.2, 0) is 13.1 Å². The predicted molar refractivity (Wildman–Crippen MR) is 90.7 cm³/mol. The van der Waals surface area contributed by atoms with Gasteiger partial charge in [-0.2, -0.15) is 4.37 Å². The van der Waals surface area contributed by atoms with Gasteiger partial charge in [0.05, 0.1) is 12.9 Å². The van der Waals surface area contributed by atoms with Crippen LogP contribution < -0.4 is 10.5 Å². The van der Waals surface area contributed by atoms with Gasteiger partial charge in [-0.1, -0.05) is 0 Å². The zero-order chi connectivity index (χ0) is 16.2. The van der Waals surface area contributed by atoms with Crippen LogP contribution in [0.4, 0.5) is 5.13 Å². The molecule has 2 aromatic heterocycles. The van der Waals surface area contributed by atoms with Crippen molar-refractivity contribution in [2.24, 2.45) is 5.92 Å². The van der Waals surface area contributed by atoms with Gasteiger partial charge >= 0.3 is 0 Å². The second kappa shape index (κ2) is 7.18. The minimum absolute atomic E-state index is 0.0327. The summed E-state index contributed by atoms with van der Waals surface area (Å²) in [4.78, 5) is 24.7. The summed E-state index contributed by atoms with van der Waals surface area (Å²) in [5, 5.41) is 0.950. The van der Waals surface area contributed by atoms with E-state index in [-0.39, 0.29) is 5.56 Å². The summed E-state index contributed by atoms with van der Waals surface area (Å²) in [5.74, 6) is 1.44. The molecule has 0 spiro atoms. The average molecular weight is 334 g/mol. The lowest BCUT2D eigenvalue weighted by Gasteiger charge is -2.31. The Bertz CT molecular complexity index is 689. The highest BCUT2D eigenvalue weighted by Gasteiger charge is 2.21. The highest BCUT2D eigenvalue weighted by molar-refractivity contribution is 7.09. The van der Waals surface area contributed by atoms with E-state index < -0.39 is 0 Å². The van der Waals surface area contributed by atoms with Gasteiger partial charge in [0.2, 0.25) is 5.13 Å². The molecule has 1 saturated heterocycles. The van der Waals surface area contributed by atoms with Crippen LogP contribution in [0.2, 0.25) is 0 Å². The van der Waals surface area contributed by atoms with Crippen molar-refractivity contribution in [2.45, 2.75) is 25.9 Å². The smallest absolute Gasteiger partial charge is 0.253 e.